The number of rotatable bonds is 5. The molecule has 5 nitrogen and oxygen atoms in total. The maximum atomic E-state index is 12.3. The molecular weight excluding hydrogens is 340 g/mol. The molecule has 1 amide bonds. The lowest BCUT2D eigenvalue weighted by Gasteiger charge is -2.26. The van der Waals surface area contributed by atoms with Crippen LogP contribution in [0.3, 0.4) is 0 Å². The Morgan fingerprint density at radius 1 is 1.44 bits per heavy atom. The topological polar surface area (TPSA) is 50.8 Å². The third-order valence-corrected chi connectivity index (χ3v) is 4.73. The number of hydrogen-bond donors (Lipinski definition) is 1. The molecule has 1 aliphatic heterocycles. The quantitative estimate of drug-likeness (QED) is 0.860. The van der Waals surface area contributed by atoms with Crippen LogP contribution in [0.25, 0.3) is 0 Å². The van der Waals surface area contributed by atoms with Crippen LogP contribution in [-0.4, -0.2) is 49.9 Å². The Kier molecular flexibility index (Phi) is 6.58. The molecule has 1 fully saturated rings. The second-order valence-corrected chi connectivity index (χ2v) is 7.97. The number of benzene rings is 1. The molecule has 0 aromatic heterocycles. The van der Waals surface area contributed by atoms with Gasteiger partial charge < -0.3 is 19.7 Å². The molecule has 0 radical (unpaired) electrons. The van der Waals surface area contributed by atoms with Crippen LogP contribution in [0.1, 0.15) is 32.8 Å². The molecule has 1 N–H and O–H groups in total. The summed E-state index contributed by atoms with van der Waals surface area (Å²) in [6, 6.07) is 5.91. The van der Waals surface area contributed by atoms with Crippen LogP contribution in [-0.2, 0) is 11.2 Å². The van der Waals surface area contributed by atoms with Gasteiger partial charge in [-0.1, -0.05) is 11.6 Å². The molecule has 1 aromatic carbocycles. The van der Waals surface area contributed by atoms with Gasteiger partial charge >= 0.3 is 6.09 Å². The largest absolute Gasteiger partial charge is 0.496 e. The number of carbonyl (C=O) groups excluding carboxylic acids is 1. The van der Waals surface area contributed by atoms with Crippen LogP contribution in [0.2, 0.25) is 5.02 Å². The van der Waals surface area contributed by atoms with Gasteiger partial charge in [-0.3, -0.25) is 0 Å². The Morgan fingerprint density at radius 3 is 2.76 bits per heavy atom. The van der Waals surface area contributed by atoms with E-state index in [1.807, 2.05) is 46.0 Å². The fraction of sp³-hybridized carbons (Fsp3) is 0.632. The Balaban J connectivity index is 2.03. The maximum absolute atomic E-state index is 12.3. The second-order valence-electron chi connectivity index (χ2n) is 7.53. The van der Waals surface area contributed by atoms with E-state index in [-0.39, 0.29) is 12.1 Å². The lowest BCUT2D eigenvalue weighted by molar-refractivity contribution is 0.0285. The van der Waals surface area contributed by atoms with Gasteiger partial charge in [-0.2, -0.15) is 0 Å². The summed E-state index contributed by atoms with van der Waals surface area (Å²) in [6.45, 7) is 7.09. The molecule has 2 atom stereocenters. The predicted octanol–water partition coefficient (Wildman–Crippen LogP) is 3.74. The van der Waals surface area contributed by atoms with Gasteiger partial charge in [0, 0.05) is 24.2 Å². The first kappa shape index (κ1) is 19.9. The van der Waals surface area contributed by atoms with Gasteiger partial charge in [0.2, 0.25) is 0 Å². The van der Waals surface area contributed by atoms with Crippen molar-refractivity contribution in [1.82, 2.24) is 10.2 Å². The molecule has 0 saturated carbocycles. The van der Waals surface area contributed by atoms with Crippen molar-refractivity contribution in [3.05, 3.63) is 28.8 Å². The van der Waals surface area contributed by atoms with E-state index in [9.17, 15) is 4.79 Å². The molecule has 0 aliphatic carbocycles. The number of likely N-dealkylation sites (tertiary alicyclic amines) is 1. The number of amides is 1. The van der Waals surface area contributed by atoms with E-state index in [2.05, 4.69) is 5.32 Å². The minimum atomic E-state index is -0.467. The van der Waals surface area contributed by atoms with E-state index in [4.69, 9.17) is 21.1 Å². The van der Waals surface area contributed by atoms with Crippen molar-refractivity contribution in [3.8, 4) is 5.75 Å². The van der Waals surface area contributed by atoms with E-state index < -0.39 is 5.60 Å². The van der Waals surface area contributed by atoms with Crippen molar-refractivity contribution in [1.29, 1.82) is 0 Å². The summed E-state index contributed by atoms with van der Waals surface area (Å²) in [7, 11) is 3.62. The Hall–Kier alpha value is -1.46. The lowest BCUT2D eigenvalue weighted by atomic mass is 9.92. The van der Waals surface area contributed by atoms with Crippen LogP contribution in [0.5, 0.6) is 5.75 Å². The number of ether oxygens (including phenoxy) is 2. The Morgan fingerprint density at radius 2 is 2.16 bits per heavy atom. The zero-order valence-electron chi connectivity index (χ0n) is 15.8. The Labute approximate surface area is 155 Å². The van der Waals surface area contributed by atoms with Gasteiger partial charge in [0.05, 0.1) is 7.11 Å². The average molecular weight is 369 g/mol. The summed E-state index contributed by atoms with van der Waals surface area (Å²) in [6.07, 6.45) is 1.52. The van der Waals surface area contributed by atoms with Crippen molar-refractivity contribution < 1.29 is 14.3 Å². The number of nitrogens with zero attached hydrogens (tertiary/aromatic N) is 1. The van der Waals surface area contributed by atoms with Crippen LogP contribution < -0.4 is 10.1 Å². The number of halogens is 1. The van der Waals surface area contributed by atoms with E-state index in [1.165, 1.54) is 0 Å². The Bertz CT molecular complexity index is 601. The SMILES string of the molecule is CNC(Cc1cc(Cl)ccc1OC)C1CCN(C(=O)OC(C)(C)C)C1. The molecule has 1 saturated heterocycles. The van der Waals surface area contributed by atoms with Gasteiger partial charge in [-0.25, -0.2) is 4.79 Å². The van der Waals surface area contributed by atoms with Gasteiger partial charge in [0.1, 0.15) is 11.4 Å². The lowest BCUT2D eigenvalue weighted by Crippen LogP contribution is -2.39. The van der Waals surface area contributed by atoms with Crippen LogP contribution >= 0.6 is 11.6 Å². The van der Waals surface area contributed by atoms with Crippen LogP contribution in [0, 0.1) is 5.92 Å². The summed E-state index contributed by atoms with van der Waals surface area (Å²) in [5.74, 6) is 1.20. The standard InChI is InChI=1S/C19H29ClN2O3/c1-19(2,3)25-18(23)22-9-8-13(12-22)16(21-4)11-14-10-15(20)6-7-17(14)24-5/h6-7,10,13,16,21H,8-9,11-12H2,1-5H3. The van der Waals surface area contributed by atoms with E-state index in [0.717, 1.165) is 30.7 Å². The molecule has 1 aromatic rings. The molecular formula is C19H29ClN2O3. The summed E-state index contributed by atoms with van der Waals surface area (Å²) in [4.78, 5) is 14.1. The summed E-state index contributed by atoms with van der Waals surface area (Å²) >= 11 is 6.14. The van der Waals surface area contributed by atoms with Gasteiger partial charge in [0.25, 0.3) is 0 Å². The molecule has 2 rings (SSSR count). The third kappa shape index (κ3) is 5.51. The highest BCUT2D eigenvalue weighted by molar-refractivity contribution is 6.30. The molecule has 2 unspecified atom stereocenters. The highest BCUT2D eigenvalue weighted by Gasteiger charge is 2.33. The smallest absolute Gasteiger partial charge is 0.410 e. The normalized spacial score (nSPS) is 19.0. The van der Waals surface area contributed by atoms with Crippen LogP contribution in [0.4, 0.5) is 4.79 Å². The highest BCUT2D eigenvalue weighted by atomic mass is 35.5. The van der Waals surface area contributed by atoms with Crippen molar-refractivity contribution in [3.63, 3.8) is 0 Å². The molecule has 1 aliphatic rings. The summed E-state index contributed by atoms with van der Waals surface area (Å²) < 4.78 is 10.9. The minimum absolute atomic E-state index is 0.231. The third-order valence-electron chi connectivity index (χ3n) is 4.50. The first-order valence-electron chi connectivity index (χ1n) is 8.71. The minimum Gasteiger partial charge on any atom is -0.496 e. The van der Waals surface area contributed by atoms with Gasteiger partial charge in [-0.05, 0) is 70.3 Å². The zero-order valence-corrected chi connectivity index (χ0v) is 16.5. The predicted molar refractivity (Wildman–Crippen MR) is 100 cm³/mol. The molecule has 140 valence electrons. The van der Waals surface area contributed by atoms with E-state index in [1.54, 1.807) is 12.0 Å². The fourth-order valence-electron chi connectivity index (χ4n) is 3.26. The molecule has 0 spiro atoms. The van der Waals surface area contributed by atoms with Gasteiger partial charge in [-0.15, -0.1) is 0 Å². The van der Waals surface area contributed by atoms with Crippen molar-refractivity contribution >= 4 is 17.7 Å². The van der Waals surface area contributed by atoms with Crippen molar-refractivity contribution in [2.24, 2.45) is 5.92 Å². The molecule has 0 bridgehead atoms. The second kappa shape index (κ2) is 8.28. The van der Waals surface area contributed by atoms with E-state index >= 15 is 0 Å². The van der Waals surface area contributed by atoms with E-state index in [0.29, 0.717) is 17.5 Å². The van der Waals surface area contributed by atoms with Crippen LogP contribution in [0.15, 0.2) is 18.2 Å². The molecule has 1 heterocycles. The number of methoxy groups -OCH3 is 1. The summed E-state index contributed by atoms with van der Waals surface area (Å²) in [5, 5.41) is 4.09. The number of likely N-dealkylation sites (N-methyl/N-ethyl adjacent to an activating group) is 1. The first-order chi connectivity index (χ1) is 11.7. The monoisotopic (exact) mass is 368 g/mol. The molecule has 25 heavy (non-hydrogen) atoms. The highest BCUT2D eigenvalue weighted by Crippen LogP contribution is 2.28. The fourth-order valence-corrected chi connectivity index (χ4v) is 3.45. The first-order valence-corrected chi connectivity index (χ1v) is 9.09. The number of nitrogens with one attached hydrogen (secondary N) is 1. The van der Waals surface area contributed by atoms with Gasteiger partial charge in [0.15, 0.2) is 0 Å². The number of carbonyl (C=O) groups is 1. The average Bonchev–Trinajstić information content (AvgIpc) is 3.01. The maximum Gasteiger partial charge on any atom is 0.410 e. The van der Waals surface area contributed by atoms with Crippen molar-refractivity contribution in [2.75, 3.05) is 27.2 Å². The molecule has 6 heteroatoms. The van der Waals surface area contributed by atoms with Crippen molar-refractivity contribution in [2.45, 2.75) is 45.3 Å². The number of hydrogen-bond acceptors (Lipinski definition) is 4. The summed E-state index contributed by atoms with van der Waals surface area (Å²) in [5.41, 5.74) is 0.608. The zero-order chi connectivity index (χ0) is 18.6.